The third-order valence-corrected chi connectivity index (χ3v) is 5.14. The van der Waals surface area contributed by atoms with Crippen LogP contribution in [0.5, 0.6) is 0 Å². The van der Waals surface area contributed by atoms with Gasteiger partial charge in [0.25, 0.3) is 0 Å². The monoisotopic (exact) mass is 351 g/mol. The van der Waals surface area contributed by atoms with Crippen molar-refractivity contribution in [2.45, 2.75) is 31.9 Å². The number of likely N-dealkylation sites (tertiary alicyclic amines) is 1. The van der Waals surface area contributed by atoms with Gasteiger partial charge in [0.15, 0.2) is 0 Å². The molecule has 136 valence electrons. The third kappa shape index (κ3) is 3.59. The van der Waals surface area contributed by atoms with Gasteiger partial charge in [0, 0.05) is 17.5 Å². The van der Waals surface area contributed by atoms with Gasteiger partial charge in [0.05, 0.1) is 24.4 Å². The van der Waals surface area contributed by atoms with Crippen molar-refractivity contribution in [3.05, 3.63) is 60.1 Å². The summed E-state index contributed by atoms with van der Waals surface area (Å²) in [4.78, 5) is 7.21. The normalized spacial score (nSPS) is 16.7. The molecule has 1 atom stereocenters. The van der Waals surface area contributed by atoms with Crippen LogP contribution in [0.25, 0.3) is 10.9 Å². The number of rotatable bonds is 6. The van der Waals surface area contributed by atoms with Crippen LogP contribution in [0.3, 0.4) is 0 Å². The van der Waals surface area contributed by atoms with Crippen LogP contribution in [0.1, 0.15) is 36.6 Å². The molecule has 0 saturated carbocycles. The molecule has 1 unspecified atom stereocenters. The van der Waals surface area contributed by atoms with Crippen LogP contribution in [-0.2, 0) is 6.61 Å². The van der Waals surface area contributed by atoms with E-state index in [-0.39, 0.29) is 12.6 Å². The van der Waals surface area contributed by atoms with Crippen molar-refractivity contribution in [3.8, 4) is 0 Å². The molecule has 2 aromatic heterocycles. The van der Waals surface area contributed by atoms with Crippen LogP contribution >= 0.6 is 0 Å². The van der Waals surface area contributed by atoms with E-state index in [9.17, 15) is 5.11 Å². The highest BCUT2D eigenvalue weighted by Crippen LogP contribution is 2.27. The number of anilines is 1. The summed E-state index contributed by atoms with van der Waals surface area (Å²) < 4.78 is 5.71. The lowest BCUT2D eigenvalue weighted by Crippen LogP contribution is -2.37. The fourth-order valence-corrected chi connectivity index (χ4v) is 3.75. The van der Waals surface area contributed by atoms with E-state index in [0.29, 0.717) is 6.54 Å². The molecular weight excluding hydrogens is 326 g/mol. The van der Waals surface area contributed by atoms with Crippen LogP contribution < -0.4 is 5.32 Å². The molecule has 5 heteroatoms. The van der Waals surface area contributed by atoms with Crippen molar-refractivity contribution < 1.29 is 9.52 Å². The first-order chi connectivity index (χ1) is 12.8. The molecule has 0 amide bonds. The number of nitrogens with one attached hydrogen (secondary N) is 1. The minimum atomic E-state index is -0.0324. The van der Waals surface area contributed by atoms with Crippen molar-refractivity contribution in [1.29, 1.82) is 0 Å². The fourth-order valence-electron chi connectivity index (χ4n) is 3.75. The van der Waals surface area contributed by atoms with Crippen LogP contribution in [-0.4, -0.2) is 34.6 Å². The largest absolute Gasteiger partial charge is 0.468 e. The molecule has 0 radical (unpaired) electrons. The van der Waals surface area contributed by atoms with E-state index in [2.05, 4.69) is 10.2 Å². The summed E-state index contributed by atoms with van der Waals surface area (Å²) >= 11 is 0. The number of fused-ring (bicyclic) bond motifs is 1. The number of pyridine rings is 1. The molecule has 0 spiro atoms. The van der Waals surface area contributed by atoms with Gasteiger partial charge in [-0.3, -0.25) is 4.90 Å². The lowest BCUT2D eigenvalue weighted by molar-refractivity contribution is 0.152. The van der Waals surface area contributed by atoms with E-state index in [0.717, 1.165) is 41.1 Å². The number of piperidine rings is 1. The lowest BCUT2D eigenvalue weighted by Gasteiger charge is -2.33. The highest BCUT2D eigenvalue weighted by atomic mass is 16.3. The molecular formula is C21H25N3O2. The summed E-state index contributed by atoms with van der Waals surface area (Å²) in [6.45, 7) is 2.84. The van der Waals surface area contributed by atoms with E-state index < -0.39 is 0 Å². The maximum absolute atomic E-state index is 9.77. The van der Waals surface area contributed by atoms with Crippen LogP contribution in [0.15, 0.2) is 53.1 Å². The minimum absolute atomic E-state index is 0.0324. The van der Waals surface area contributed by atoms with Crippen molar-refractivity contribution in [2.24, 2.45) is 0 Å². The van der Waals surface area contributed by atoms with E-state index in [1.807, 2.05) is 42.5 Å². The molecule has 26 heavy (non-hydrogen) atoms. The van der Waals surface area contributed by atoms with Crippen LogP contribution in [0, 0.1) is 0 Å². The van der Waals surface area contributed by atoms with Crippen molar-refractivity contribution >= 4 is 16.7 Å². The van der Waals surface area contributed by atoms with Crippen LogP contribution in [0.4, 0.5) is 5.82 Å². The Morgan fingerprint density at radius 2 is 1.96 bits per heavy atom. The Hall–Kier alpha value is -2.37. The standard InChI is InChI=1S/C21H25N3O2/c25-15-17-13-16-7-2-3-8-18(16)23-21(17)22-14-19(20-9-6-12-26-20)24-10-4-1-5-11-24/h2-3,6-9,12-13,19,25H,1,4-5,10-11,14-15H2,(H,22,23). The number of para-hydroxylation sites is 1. The average molecular weight is 351 g/mol. The maximum atomic E-state index is 9.77. The van der Waals surface area contributed by atoms with E-state index in [4.69, 9.17) is 9.40 Å². The van der Waals surface area contributed by atoms with Crippen molar-refractivity contribution in [1.82, 2.24) is 9.88 Å². The molecule has 3 heterocycles. The number of hydrogen-bond donors (Lipinski definition) is 2. The van der Waals surface area contributed by atoms with Gasteiger partial charge in [-0.1, -0.05) is 24.6 Å². The van der Waals surface area contributed by atoms with Crippen molar-refractivity contribution in [3.63, 3.8) is 0 Å². The number of hydrogen-bond acceptors (Lipinski definition) is 5. The van der Waals surface area contributed by atoms with Gasteiger partial charge in [-0.05, 0) is 50.2 Å². The number of aliphatic hydroxyl groups excluding tert-OH is 1. The smallest absolute Gasteiger partial charge is 0.132 e. The maximum Gasteiger partial charge on any atom is 0.132 e. The second-order valence-electron chi connectivity index (χ2n) is 6.86. The predicted octanol–water partition coefficient (Wildman–Crippen LogP) is 3.96. The summed E-state index contributed by atoms with van der Waals surface area (Å²) in [5, 5.41) is 14.3. The summed E-state index contributed by atoms with van der Waals surface area (Å²) in [6.07, 6.45) is 5.50. The van der Waals surface area contributed by atoms with E-state index in [1.54, 1.807) is 6.26 Å². The Morgan fingerprint density at radius 1 is 1.12 bits per heavy atom. The van der Waals surface area contributed by atoms with Crippen LogP contribution in [0.2, 0.25) is 0 Å². The highest BCUT2D eigenvalue weighted by Gasteiger charge is 2.24. The topological polar surface area (TPSA) is 61.5 Å². The first-order valence-electron chi connectivity index (χ1n) is 9.36. The molecule has 1 aliphatic heterocycles. The summed E-state index contributed by atoms with van der Waals surface area (Å²) in [5.74, 6) is 1.73. The molecule has 1 aromatic carbocycles. The molecule has 2 N–H and O–H groups in total. The fraction of sp³-hybridized carbons (Fsp3) is 0.381. The second kappa shape index (κ2) is 7.89. The SMILES string of the molecule is OCc1cc2ccccc2nc1NCC(c1ccco1)N1CCCCC1. The lowest BCUT2D eigenvalue weighted by atomic mass is 10.1. The molecule has 1 aliphatic rings. The average Bonchev–Trinajstić information content (AvgIpc) is 3.23. The highest BCUT2D eigenvalue weighted by molar-refractivity contribution is 5.81. The van der Waals surface area contributed by atoms with E-state index in [1.165, 1.54) is 19.3 Å². The third-order valence-electron chi connectivity index (χ3n) is 5.14. The van der Waals surface area contributed by atoms with Gasteiger partial charge in [-0.15, -0.1) is 0 Å². The summed E-state index contributed by atoms with van der Waals surface area (Å²) in [6, 6.07) is 14.2. The second-order valence-corrected chi connectivity index (χ2v) is 6.86. The molecule has 3 aromatic rings. The Bertz CT molecular complexity index is 842. The minimum Gasteiger partial charge on any atom is -0.468 e. The predicted molar refractivity (Wildman–Crippen MR) is 103 cm³/mol. The zero-order chi connectivity index (χ0) is 17.8. The Balaban J connectivity index is 1.58. The number of aromatic nitrogens is 1. The zero-order valence-corrected chi connectivity index (χ0v) is 14.9. The molecule has 5 nitrogen and oxygen atoms in total. The van der Waals surface area contributed by atoms with Gasteiger partial charge < -0.3 is 14.8 Å². The number of aliphatic hydroxyl groups is 1. The summed E-state index contributed by atoms with van der Waals surface area (Å²) in [7, 11) is 0. The zero-order valence-electron chi connectivity index (χ0n) is 14.9. The van der Waals surface area contributed by atoms with Gasteiger partial charge >= 0.3 is 0 Å². The van der Waals surface area contributed by atoms with Gasteiger partial charge in [-0.2, -0.15) is 0 Å². The molecule has 1 fully saturated rings. The number of nitrogens with zero attached hydrogens (tertiary/aromatic N) is 2. The molecule has 0 aliphatic carbocycles. The van der Waals surface area contributed by atoms with E-state index >= 15 is 0 Å². The molecule has 1 saturated heterocycles. The Kier molecular flexibility index (Phi) is 5.18. The quantitative estimate of drug-likeness (QED) is 0.704. The first-order valence-corrected chi connectivity index (χ1v) is 9.36. The summed E-state index contributed by atoms with van der Waals surface area (Å²) in [5.41, 5.74) is 1.75. The van der Waals surface area contributed by atoms with Crippen molar-refractivity contribution in [2.75, 3.05) is 25.0 Å². The Labute approximate surface area is 153 Å². The van der Waals surface area contributed by atoms with Gasteiger partial charge in [0.1, 0.15) is 11.6 Å². The molecule has 0 bridgehead atoms. The number of furan rings is 1. The number of benzene rings is 1. The Morgan fingerprint density at radius 3 is 2.73 bits per heavy atom. The van der Waals surface area contributed by atoms with Gasteiger partial charge in [-0.25, -0.2) is 4.98 Å². The molecule has 4 rings (SSSR count). The first kappa shape index (κ1) is 17.1. The van der Waals surface area contributed by atoms with Gasteiger partial charge in [0.2, 0.25) is 0 Å².